The molecule has 4 heteroatoms. The molecule has 0 aliphatic heterocycles. The molecule has 0 aliphatic carbocycles. The second-order valence-corrected chi connectivity index (χ2v) is 5.41. The first-order chi connectivity index (χ1) is 8.32. The van der Waals surface area contributed by atoms with Crippen molar-refractivity contribution in [2.75, 3.05) is 14.2 Å². The normalized spacial score (nSPS) is 15.3. The van der Waals surface area contributed by atoms with Crippen LogP contribution in [0.15, 0.2) is 18.2 Å². The molecule has 0 saturated heterocycles. The second-order valence-electron chi connectivity index (χ2n) is 5.41. The maximum atomic E-state index is 14.1. The highest BCUT2D eigenvalue weighted by Gasteiger charge is 2.33. The molecule has 0 saturated carbocycles. The van der Waals surface area contributed by atoms with Gasteiger partial charge < -0.3 is 15.2 Å². The Morgan fingerprint density at radius 2 is 1.83 bits per heavy atom. The van der Waals surface area contributed by atoms with Crippen LogP contribution in [0.2, 0.25) is 0 Å². The molecule has 2 unspecified atom stereocenters. The Kier molecular flexibility index (Phi) is 4.71. The van der Waals surface area contributed by atoms with E-state index in [0.29, 0.717) is 5.56 Å². The summed E-state index contributed by atoms with van der Waals surface area (Å²) in [6, 6.07) is 4.43. The fourth-order valence-corrected chi connectivity index (χ4v) is 2.14. The Hall–Kier alpha value is -1.13. The van der Waals surface area contributed by atoms with Crippen LogP contribution in [0.5, 0.6) is 5.75 Å². The summed E-state index contributed by atoms with van der Waals surface area (Å²) in [6.07, 6.45) is -0.279. The number of methoxy groups -OCH3 is 2. The average Bonchev–Trinajstić information content (AvgIpc) is 2.28. The van der Waals surface area contributed by atoms with E-state index in [0.717, 1.165) is 0 Å². The van der Waals surface area contributed by atoms with E-state index < -0.39 is 11.9 Å². The van der Waals surface area contributed by atoms with Crippen molar-refractivity contribution in [3.05, 3.63) is 29.6 Å². The van der Waals surface area contributed by atoms with Gasteiger partial charge in [0.25, 0.3) is 0 Å². The van der Waals surface area contributed by atoms with Gasteiger partial charge in [-0.15, -0.1) is 0 Å². The molecule has 1 aromatic carbocycles. The van der Waals surface area contributed by atoms with Crippen molar-refractivity contribution >= 4 is 0 Å². The van der Waals surface area contributed by atoms with Crippen LogP contribution >= 0.6 is 0 Å². The molecule has 0 aromatic heterocycles. The Morgan fingerprint density at radius 1 is 1.22 bits per heavy atom. The highest BCUT2D eigenvalue weighted by atomic mass is 19.1. The van der Waals surface area contributed by atoms with Crippen molar-refractivity contribution in [1.82, 2.24) is 0 Å². The van der Waals surface area contributed by atoms with Crippen LogP contribution in [0.1, 0.15) is 32.4 Å². The van der Waals surface area contributed by atoms with Gasteiger partial charge in [-0.3, -0.25) is 0 Å². The maximum absolute atomic E-state index is 14.1. The summed E-state index contributed by atoms with van der Waals surface area (Å²) < 4.78 is 24.5. The molecule has 2 atom stereocenters. The molecule has 102 valence electrons. The van der Waals surface area contributed by atoms with Gasteiger partial charge in [0.2, 0.25) is 0 Å². The largest absolute Gasteiger partial charge is 0.494 e. The number of nitrogens with two attached hydrogens (primary N) is 1. The van der Waals surface area contributed by atoms with Crippen LogP contribution in [0, 0.1) is 11.2 Å². The zero-order chi connectivity index (χ0) is 13.9. The first kappa shape index (κ1) is 14.9. The molecule has 2 N–H and O–H groups in total. The molecule has 3 nitrogen and oxygen atoms in total. The van der Waals surface area contributed by atoms with Crippen molar-refractivity contribution in [3.8, 4) is 5.75 Å². The van der Waals surface area contributed by atoms with Crippen molar-refractivity contribution < 1.29 is 13.9 Å². The zero-order valence-corrected chi connectivity index (χ0v) is 11.7. The summed E-state index contributed by atoms with van der Waals surface area (Å²) >= 11 is 0. The van der Waals surface area contributed by atoms with Gasteiger partial charge in [-0.2, -0.15) is 0 Å². The molecule has 1 aromatic rings. The number of rotatable bonds is 4. The van der Waals surface area contributed by atoms with Crippen molar-refractivity contribution in [2.45, 2.75) is 32.9 Å². The Labute approximate surface area is 108 Å². The van der Waals surface area contributed by atoms with E-state index in [1.54, 1.807) is 25.3 Å². The van der Waals surface area contributed by atoms with Gasteiger partial charge in [-0.1, -0.05) is 32.9 Å². The third-order valence-corrected chi connectivity index (χ3v) is 3.01. The van der Waals surface area contributed by atoms with Gasteiger partial charge in [-0.25, -0.2) is 4.39 Å². The minimum atomic E-state index is -0.537. The van der Waals surface area contributed by atoms with Gasteiger partial charge in [-0.05, 0) is 11.5 Å². The second kappa shape index (κ2) is 5.67. The molecule has 0 bridgehead atoms. The Bertz CT molecular complexity index is 401. The van der Waals surface area contributed by atoms with Crippen LogP contribution in [0.4, 0.5) is 4.39 Å². The molecule has 0 radical (unpaired) electrons. The summed E-state index contributed by atoms with van der Waals surface area (Å²) in [5.74, 6) is -0.217. The van der Waals surface area contributed by atoms with E-state index in [1.165, 1.54) is 7.11 Å². The fraction of sp³-hybridized carbons (Fsp3) is 0.571. The third kappa shape index (κ3) is 3.00. The number of hydrogen-bond acceptors (Lipinski definition) is 3. The lowest BCUT2D eigenvalue weighted by Gasteiger charge is -2.34. The van der Waals surface area contributed by atoms with E-state index in [2.05, 4.69) is 0 Å². The first-order valence-corrected chi connectivity index (χ1v) is 5.93. The fourth-order valence-electron chi connectivity index (χ4n) is 2.14. The van der Waals surface area contributed by atoms with E-state index >= 15 is 0 Å². The lowest BCUT2D eigenvalue weighted by molar-refractivity contribution is -0.00322. The lowest BCUT2D eigenvalue weighted by atomic mass is 9.82. The molecular formula is C14H22FNO2. The van der Waals surface area contributed by atoms with E-state index in [1.807, 2.05) is 20.8 Å². The monoisotopic (exact) mass is 255 g/mol. The maximum Gasteiger partial charge on any atom is 0.169 e. The smallest absolute Gasteiger partial charge is 0.169 e. The molecule has 0 spiro atoms. The lowest BCUT2D eigenvalue weighted by Crippen LogP contribution is -2.39. The van der Waals surface area contributed by atoms with Crippen molar-refractivity contribution in [2.24, 2.45) is 11.1 Å². The van der Waals surface area contributed by atoms with E-state index in [9.17, 15) is 4.39 Å². The predicted molar refractivity (Wildman–Crippen MR) is 70.1 cm³/mol. The quantitative estimate of drug-likeness (QED) is 0.899. The number of halogens is 1. The Morgan fingerprint density at radius 3 is 2.28 bits per heavy atom. The van der Waals surface area contributed by atoms with Crippen molar-refractivity contribution in [3.63, 3.8) is 0 Å². The topological polar surface area (TPSA) is 44.5 Å². The van der Waals surface area contributed by atoms with Crippen LogP contribution in [-0.4, -0.2) is 20.3 Å². The van der Waals surface area contributed by atoms with Gasteiger partial charge >= 0.3 is 0 Å². The summed E-state index contributed by atoms with van der Waals surface area (Å²) in [5.41, 5.74) is 6.38. The first-order valence-electron chi connectivity index (χ1n) is 5.93. The van der Waals surface area contributed by atoms with Gasteiger partial charge in [0.05, 0.1) is 19.3 Å². The molecule has 0 amide bonds. The molecule has 0 fully saturated rings. The van der Waals surface area contributed by atoms with Crippen molar-refractivity contribution in [1.29, 1.82) is 0 Å². The van der Waals surface area contributed by atoms with Crippen LogP contribution in [0.3, 0.4) is 0 Å². The summed E-state index contributed by atoms with van der Waals surface area (Å²) in [6.45, 7) is 6.04. The van der Waals surface area contributed by atoms with E-state index in [-0.39, 0.29) is 17.3 Å². The van der Waals surface area contributed by atoms with Crippen LogP contribution in [0.25, 0.3) is 0 Å². The third-order valence-electron chi connectivity index (χ3n) is 3.01. The molecule has 0 aliphatic rings. The zero-order valence-electron chi connectivity index (χ0n) is 11.7. The molecule has 18 heavy (non-hydrogen) atoms. The standard InChI is InChI=1S/C14H22FNO2/c1-14(2,3)13(18-5)12(16)9-7-6-8-10(17-4)11(9)15/h6-8,12-13H,16H2,1-5H3. The summed E-state index contributed by atoms with van der Waals surface area (Å²) in [4.78, 5) is 0. The Balaban J connectivity index is 3.13. The van der Waals surface area contributed by atoms with Gasteiger partial charge in [0.15, 0.2) is 11.6 Å². The highest BCUT2D eigenvalue weighted by molar-refractivity contribution is 5.33. The molecular weight excluding hydrogens is 233 g/mol. The van der Waals surface area contributed by atoms with E-state index in [4.69, 9.17) is 15.2 Å². The minimum Gasteiger partial charge on any atom is -0.494 e. The van der Waals surface area contributed by atoms with Gasteiger partial charge in [0, 0.05) is 12.7 Å². The molecule has 1 rings (SSSR count). The minimum absolute atomic E-state index is 0.177. The summed E-state index contributed by atoms with van der Waals surface area (Å²) in [5, 5.41) is 0. The van der Waals surface area contributed by atoms with Crippen LogP contribution in [-0.2, 0) is 4.74 Å². The highest BCUT2D eigenvalue weighted by Crippen LogP contribution is 2.33. The average molecular weight is 255 g/mol. The summed E-state index contributed by atoms with van der Waals surface area (Å²) in [7, 11) is 3.03. The van der Waals surface area contributed by atoms with Crippen LogP contribution < -0.4 is 10.5 Å². The SMILES string of the molecule is COc1cccc(C(N)C(OC)C(C)(C)C)c1F. The number of benzene rings is 1. The number of ether oxygens (including phenoxy) is 2. The predicted octanol–water partition coefficient (Wildman–Crippen LogP) is 2.90. The molecule has 0 heterocycles. The number of hydrogen-bond donors (Lipinski definition) is 1. The van der Waals surface area contributed by atoms with Gasteiger partial charge in [0.1, 0.15) is 0 Å².